The zero-order valence-corrected chi connectivity index (χ0v) is 21.9. The van der Waals surface area contributed by atoms with E-state index < -0.39 is 59.8 Å². The summed E-state index contributed by atoms with van der Waals surface area (Å²) in [5.41, 5.74) is -2.51. The van der Waals surface area contributed by atoms with Crippen LogP contribution in [0.3, 0.4) is 0 Å². The van der Waals surface area contributed by atoms with Crippen molar-refractivity contribution in [2.24, 2.45) is 0 Å². The number of carbonyl (C=O) groups excluding carboxylic acids is 1. The van der Waals surface area contributed by atoms with E-state index in [0.717, 1.165) is 0 Å². The van der Waals surface area contributed by atoms with Crippen molar-refractivity contribution in [3.05, 3.63) is 68.8 Å². The Morgan fingerprint density at radius 1 is 1.10 bits per heavy atom. The lowest BCUT2D eigenvalue weighted by atomic mass is 9.95. The minimum atomic E-state index is -10.2. The molecule has 40 heavy (non-hydrogen) atoms. The molecule has 1 saturated carbocycles. The molecule has 1 fully saturated rings. The van der Waals surface area contributed by atoms with Gasteiger partial charge in [0.15, 0.2) is 5.69 Å². The van der Waals surface area contributed by atoms with Crippen LogP contribution in [0.4, 0.5) is 30.0 Å². The third-order valence-corrected chi connectivity index (χ3v) is 7.63. The van der Waals surface area contributed by atoms with E-state index in [1.807, 2.05) is 6.07 Å². The van der Waals surface area contributed by atoms with Crippen LogP contribution in [0.25, 0.3) is 5.69 Å². The molecule has 0 bridgehead atoms. The molecule has 1 aromatic heterocycles. The van der Waals surface area contributed by atoms with Crippen LogP contribution >= 0.6 is 33.4 Å². The molecule has 0 saturated heterocycles. The van der Waals surface area contributed by atoms with Crippen LogP contribution in [0.2, 0.25) is 10.0 Å². The van der Waals surface area contributed by atoms with Gasteiger partial charge in [0.25, 0.3) is 0 Å². The molecule has 210 valence electrons. The monoisotopic (exact) mass is 621 g/mol. The summed E-state index contributed by atoms with van der Waals surface area (Å²) in [5, 5.41) is 32.7. The second-order valence-electron chi connectivity index (χ2n) is 8.70. The molecular formula is C23H14Cl2F5N5O4S. The first-order valence-electron chi connectivity index (χ1n) is 10.8. The number of benzene rings is 2. The Bertz CT molecular complexity index is 1660. The van der Waals surface area contributed by atoms with E-state index >= 15 is 0 Å². The van der Waals surface area contributed by atoms with Gasteiger partial charge in [0, 0.05) is 0 Å². The summed E-state index contributed by atoms with van der Waals surface area (Å²) in [7, 11) is -10.2. The zero-order chi connectivity index (χ0) is 29.7. The Morgan fingerprint density at radius 3 is 2.23 bits per heavy atom. The third kappa shape index (κ3) is 5.49. The summed E-state index contributed by atoms with van der Waals surface area (Å²) in [4.78, 5) is 22.4. The topological polar surface area (TPSA) is 141 Å². The Balaban J connectivity index is 1.83. The van der Waals surface area contributed by atoms with E-state index in [9.17, 15) is 39.4 Å². The van der Waals surface area contributed by atoms with Gasteiger partial charge in [0.05, 0.1) is 32.7 Å². The highest BCUT2D eigenvalue weighted by molar-refractivity contribution is 8.45. The maximum atomic E-state index is 13.4. The molecule has 3 aromatic rings. The number of hydrogen-bond acceptors (Lipinski definition) is 6. The summed E-state index contributed by atoms with van der Waals surface area (Å²) in [6.45, 7) is -0.361. The van der Waals surface area contributed by atoms with Crippen molar-refractivity contribution >= 4 is 51.3 Å². The molecule has 9 nitrogen and oxygen atoms in total. The van der Waals surface area contributed by atoms with E-state index in [2.05, 4.69) is 10.4 Å². The molecule has 0 unspecified atom stereocenters. The van der Waals surface area contributed by atoms with Gasteiger partial charge >= 0.3 is 22.3 Å². The second-order valence-corrected chi connectivity index (χ2v) is 11.9. The van der Waals surface area contributed by atoms with Crippen LogP contribution in [-0.2, 0) is 21.6 Å². The number of anilines is 1. The number of carboxylic acid groups (broad SMARTS) is 1. The van der Waals surface area contributed by atoms with Gasteiger partial charge < -0.3 is 9.84 Å². The fourth-order valence-corrected chi connectivity index (χ4v) is 5.36. The van der Waals surface area contributed by atoms with Crippen LogP contribution in [0.1, 0.15) is 35.2 Å². The van der Waals surface area contributed by atoms with Crippen LogP contribution in [0.15, 0.2) is 41.3 Å². The molecule has 4 rings (SSSR count). The predicted molar refractivity (Wildman–Crippen MR) is 133 cm³/mol. The number of halogens is 7. The highest BCUT2D eigenvalue weighted by atomic mass is 35.5. The second kappa shape index (κ2) is 8.99. The van der Waals surface area contributed by atoms with Crippen LogP contribution in [0, 0.1) is 22.7 Å². The van der Waals surface area contributed by atoms with Crippen LogP contribution < -0.4 is 5.32 Å². The number of aromatic nitrogens is 2. The number of carbonyl (C=O) groups is 2. The van der Waals surface area contributed by atoms with Crippen molar-refractivity contribution in [3.63, 3.8) is 0 Å². The number of nitrogens with one attached hydrogen (secondary N) is 1. The average molecular weight is 622 g/mol. The van der Waals surface area contributed by atoms with Crippen LogP contribution in [0.5, 0.6) is 0 Å². The Morgan fingerprint density at radius 2 is 1.73 bits per heavy atom. The lowest BCUT2D eigenvalue weighted by molar-refractivity contribution is -0.140. The molecule has 0 spiro atoms. The van der Waals surface area contributed by atoms with Gasteiger partial charge in [-0.3, -0.25) is 10.1 Å². The third-order valence-electron chi connectivity index (χ3n) is 5.92. The first kappa shape index (κ1) is 28.9. The van der Waals surface area contributed by atoms with Gasteiger partial charge in [0.2, 0.25) is 0 Å². The van der Waals surface area contributed by atoms with Crippen molar-refractivity contribution in [2.45, 2.75) is 29.8 Å². The molecule has 1 heterocycles. The molecule has 2 N–H and O–H groups in total. The SMILES string of the molecule is N#Cc1cccc(COC(=O)Nc2c(C3(C(=O)O)CC3)c(C#N)nn2-c2c(Cl)cc(S(F)(F)(F)(F)F)cc2Cl)c1. The van der Waals surface area contributed by atoms with E-state index in [1.165, 1.54) is 18.2 Å². The zero-order valence-electron chi connectivity index (χ0n) is 19.6. The Kier molecular flexibility index (Phi) is 6.50. The quantitative estimate of drug-likeness (QED) is 0.261. The Hall–Kier alpha value is -4.05. The minimum absolute atomic E-state index is 0.0119. The van der Waals surface area contributed by atoms with Gasteiger partial charge in [-0.25, -0.2) is 9.48 Å². The molecule has 1 aliphatic rings. The number of amides is 1. The molecule has 2 aromatic carbocycles. The molecule has 1 amide bonds. The van der Waals surface area contributed by atoms with Crippen molar-refractivity contribution in [1.29, 1.82) is 10.5 Å². The number of nitriles is 2. The Labute approximate surface area is 232 Å². The summed E-state index contributed by atoms with van der Waals surface area (Å²) in [6, 6.07) is 9.40. The summed E-state index contributed by atoms with van der Waals surface area (Å²) >= 11 is 11.9. The summed E-state index contributed by atoms with van der Waals surface area (Å²) in [6.07, 6.45) is -1.19. The minimum Gasteiger partial charge on any atom is -0.481 e. The number of ether oxygens (including phenoxy) is 1. The molecule has 0 aliphatic heterocycles. The molecule has 0 atom stereocenters. The van der Waals surface area contributed by atoms with Crippen molar-refractivity contribution < 1.29 is 38.9 Å². The number of hydrogen-bond donors (Lipinski definition) is 2. The summed E-state index contributed by atoms with van der Waals surface area (Å²) in [5.74, 6) is -1.92. The number of rotatable bonds is 7. The molecule has 0 radical (unpaired) electrons. The van der Waals surface area contributed by atoms with Crippen LogP contribution in [-0.4, -0.2) is 26.9 Å². The number of carboxylic acids is 1. The normalized spacial score (nSPS) is 15.6. The van der Waals surface area contributed by atoms with Crippen molar-refractivity contribution in [2.75, 3.05) is 5.32 Å². The average Bonchev–Trinajstić information content (AvgIpc) is 3.58. The van der Waals surface area contributed by atoms with Gasteiger partial charge in [-0.05, 0) is 42.7 Å². The van der Waals surface area contributed by atoms with Crippen molar-refractivity contribution in [3.8, 4) is 17.8 Å². The first-order chi connectivity index (χ1) is 18.4. The summed E-state index contributed by atoms with van der Waals surface area (Å²) < 4.78 is 72.7. The van der Waals surface area contributed by atoms with Gasteiger partial charge in [-0.1, -0.05) is 54.8 Å². The maximum absolute atomic E-state index is 13.4. The maximum Gasteiger partial charge on any atom is 0.413 e. The fraction of sp³-hybridized carbons (Fsp3) is 0.174. The highest BCUT2D eigenvalue weighted by Gasteiger charge is 2.65. The van der Waals surface area contributed by atoms with Gasteiger partial charge in [-0.2, -0.15) is 15.6 Å². The lowest BCUT2D eigenvalue weighted by Crippen LogP contribution is -2.24. The predicted octanol–water partition coefficient (Wildman–Crippen LogP) is 7.44. The smallest absolute Gasteiger partial charge is 0.413 e. The molecular weight excluding hydrogens is 608 g/mol. The van der Waals surface area contributed by atoms with E-state index in [4.69, 9.17) is 33.2 Å². The molecule has 17 heteroatoms. The standard InChI is InChI=1S/C23H14Cl2F5N5O4S/c24-15-7-14(40(26,27,28,29)30)8-16(25)19(15)35-20(18(17(10-32)34-35)23(4-5-23)21(36)37)33-22(38)39-11-13-3-1-2-12(6-13)9-31/h1-3,6-8H,4-5,11H2,(H,33,38)(H,36,37). The largest absolute Gasteiger partial charge is 0.481 e. The van der Waals surface area contributed by atoms with E-state index in [1.54, 1.807) is 12.1 Å². The van der Waals surface area contributed by atoms with Gasteiger partial charge in [0.1, 0.15) is 29.1 Å². The van der Waals surface area contributed by atoms with E-state index in [0.29, 0.717) is 10.2 Å². The number of aliphatic carboxylic acids is 1. The number of nitrogens with zero attached hydrogens (tertiary/aromatic N) is 4. The van der Waals surface area contributed by atoms with Crippen molar-refractivity contribution in [1.82, 2.24) is 9.78 Å². The molecule has 1 aliphatic carbocycles. The highest BCUT2D eigenvalue weighted by Crippen LogP contribution is 3.02. The lowest BCUT2D eigenvalue weighted by Gasteiger charge is -2.40. The van der Waals surface area contributed by atoms with E-state index in [-0.39, 0.29) is 42.7 Å². The first-order valence-corrected chi connectivity index (χ1v) is 13.5. The fourth-order valence-electron chi connectivity index (χ4n) is 3.90. The van der Waals surface area contributed by atoms with Gasteiger partial charge in [-0.15, -0.1) is 0 Å².